The van der Waals surface area contributed by atoms with Crippen LogP contribution in [0.15, 0.2) is 24.3 Å². The van der Waals surface area contributed by atoms with Gasteiger partial charge in [0, 0.05) is 6.42 Å². The van der Waals surface area contributed by atoms with Crippen LogP contribution in [-0.4, -0.2) is 34.9 Å². The van der Waals surface area contributed by atoms with Gasteiger partial charge in [-0.3, -0.25) is 4.79 Å². The van der Waals surface area contributed by atoms with Crippen molar-refractivity contribution in [1.29, 1.82) is 0 Å². The molecule has 0 fully saturated rings. The summed E-state index contributed by atoms with van der Waals surface area (Å²) in [5.74, 6) is -0.0656. The molecule has 1 aromatic carbocycles. The maximum absolute atomic E-state index is 11.9. The highest BCUT2D eigenvalue weighted by atomic mass is 16.3. The molecule has 0 aliphatic heterocycles. The lowest BCUT2D eigenvalue weighted by molar-refractivity contribution is -0.124. The van der Waals surface area contributed by atoms with E-state index in [1.54, 1.807) is 6.92 Å². The van der Waals surface area contributed by atoms with E-state index >= 15 is 0 Å². The van der Waals surface area contributed by atoms with Crippen molar-refractivity contribution in [3.63, 3.8) is 0 Å². The van der Waals surface area contributed by atoms with Gasteiger partial charge in [0.05, 0.1) is 18.8 Å². The predicted molar refractivity (Wildman–Crippen MR) is 74.9 cm³/mol. The summed E-state index contributed by atoms with van der Waals surface area (Å²) >= 11 is 0. The summed E-state index contributed by atoms with van der Waals surface area (Å²) in [6.07, 6.45) is 0.334. The molecule has 4 heteroatoms. The average molecular weight is 265 g/mol. The van der Waals surface area contributed by atoms with Gasteiger partial charge in [-0.1, -0.05) is 31.2 Å². The van der Waals surface area contributed by atoms with Gasteiger partial charge in [0.15, 0.2) is 0 Å². The molecule has 0 aromatic heterocycles. The Kier molecular flexibility index (Phi) is 5.51. The Morgan fingerprint density at radius 1 is 1.32 bits per heavy atom. The summed E-state index contributed by atoms with van der Waals surface area (Å²) in [5.41, 5.74) is 1.35. The van der Waals surface area contributed by atoms with Crippen LogP contribution in [0.5, 0.6) is 0 Å². The van der Waals surface area contributed by atoms with Crippen molar-refractivity contribution in [3.05, 3.63) is 35.4 Å². The fraction of sp³-hybridized carbons (Fsp3) is 0.533. The second kappa shape index (κ2) is 6.68. The molecule has 0 bridgehead atoms. The van der Waals surface area contributed by atoms with Crippen molar-refractivity contribution in [3.8, 4) is 0 Å². The highest BCUT2D eigenvalue weighted by Gasteiger charge is 2.25. The van der Waals surface area contributed by atoms with E-state index in [-0.39, 0.29) is 25.0 Å². The SMILES string of the molecule is Cc1ccccc1C(C)CC(=O)NC(C)(CO)CO. The molecule has 0 saturated carbocycles. The summed E-state index contributed by atoms with van der Waals surface area (Å²) in [4.78, 5) is 11.9. The molecule has 1 unspecified atom stereocenters. The molecule has 3 N–H and O–H groups in total. The first-order chi connectivity index (χ1) is 8.91. The third-order valence-electron chi connectivity index (χ3n) is 3.35. The molecule has 1 atom stereocenters. The first kappa shape index (κ1) is 15.7. The van der Waals surface area contributed by atoms with Crippen molar-refractivity contribution in [2.75, 3.05) is 13.2 Å². The molecule has 0 aliphatic carbocycles. The normalized spacial score (nSPS) is 13.1. The Morgan fingerprint density at radius 3 is 2.42 bits per heavy atom. The number of amides is 1. The van der Waals surface area contributed by atoms with Crippen molar-refractivity contribution < 1.29 is 15.0 Å². The quantitative estimate of drug-likeness (QED) is 0.727. The van der Waals surface area contributed by atoms with E-state index < -0.39 is 5.54 Å². The summed E-state index contributed by atoms with van der Waals surface area (Å²) in [5, 5.41) is 21.0. The maximum atomic E-state index is 11.9. The first-order valence-corrected chi connectivity index (χ1v) is 6.50. The minimum atomic E-state index is -0.956. The molecular formula is C15H23NO3. The first-order valence-electron chi connectivity index (χ1n) is 6.50. The molecule has 0 aliphatic rings. The van der Waals surface area contributed by atoms with Crippen molar-refractivity contribution in [2.45, 2.75) is 38.6 Å². The minimum Gasteiger partial charge on any atom is -0.394 e. The van der Waals surface area contributed by atoms with Crippen molar-refractivity contribution in [2.24, 2.45) is 0 Å². The molecule has 0 spiro atoms. The van der Waals surface area contributed by atoms with Gasteiger partial charge in [-0.2, -0.15) is 0 Å². The van der Waals surface area contributed by atoms with Crippen molar-refractivity contribution in [1.82, 2.24) is 5.32 Å². The molecule has 0 radical (unpaired) electrons. The zero-order valence-corrected chi connectivity index (χ0v) is 11.8. The number of benzene rings is 1. The molecular weight excluding hydrogens is 242 g/mol. The van der Waals surface area contributed by atoms with Crippen LogP contribution < -0.4 is 5.32 Å². The van der Waals surface area contributed by atoms with Gasteiger partial charge >= 0.3 is 0 Å². The zero-order chi connectivity index (χ0) is 14.5. The van der Waals surface area contributed by atoms with Gasteiger partial charge < -0.3 is 15.5 Å². The predicted octanol–water partition coefficient (Wildman–Crippen LogP) is 1.35. The van der Waals surface area contributed by atoms with Gasteiger partial charge in [0.2, 0.25) is 5.91 Å². The van der Waals surface area contributed by atoms with E-state index in [0.29, 0.717) is 6.42 Å². The zero-order valence-electron chi connectivity index (χ0n) is 11.8. The van der Waals surface area contributed by atoms with Crippen molar-refractivity contribution >= 4 is 5.91 Å². The molecule has 19 heavy (non-hydrogen) atoms. The van der Waals surface area contributed by atoms with Gasteiger partial charge in [0.1, 0.15) is 0 Å². The van der Waals surface area contributed by atoms with Crippen LogP contribution in [0.4, 0.5) is 0 Å². The van der Waals surface area contributed by atoms with Gasteiger partial charge in [-0.25, -0.2) is 0 Å². The maximum Gasteiger partial charge on any atom is 0.221 e. The van der Waals surface area contributed by atoms with E-state index in [4.69, 9.17) is 10.2 Å². The lowest BCUT2D eigenvalue weighted by Crippen LogP contribution is -2.51. The van der Waals surface area contributed by atoms with E-state index in [9.17, 15) is 4.79 Å². The summed E-state index contributed by atoms with van der Waals surface area (Å²) in [7, 11) is 0. The molecule has 0 saturated heterocycles. The monoisotopic (exact) mass is 265 g/mol. The number of hydrogen-bond acceptors (Lipinski definition) is 3. The Bertz CT molecular complexity index is 427. The lowest BCUT2D eigenvalue weighted by atomic mass is 9.93. The fourth-order valence-corrected chi connectivity index (χ4v) is 2.04. The number of aliphatic hydroxyl groups is 2. The Morgan fingerprint density at radius 2 is 1.89 bits per heavy atom. The Labute approximate surface area is 114 Å². The number of nitrogens with one attached hydrogen (secondary N) is 1. The number of aryl methyl sites for hydroxylation is 1. The van der Waals surface area contributed by atoms with Crippen LogP contribution in [0.25, 0.3) is 0 Å². The largest absolute Gasteiger partial charge is 0.394 e. The van der Waals surface area contributed by atoms with Crippen LogP contribution in [-0.2, 0) is 4.79 Å². The minimum absolute atomic E-state index is 0.0998. The lowest BCUT2D eigenvalue weighted by Gasteiger charge is -2.27. The Hall–Kier alpha value is -1.39. The number of hydrogen-bond donors (Lipinski definition) is 3. The van der Waals surface area contributed by atoms with Gasteiger partial charge in [-0.15, -0.1) is 0 Å². The highest BCUT2D eigenvalue weighted by Crippen LogP contribution is 2.22. The number of aliphatic hydroxyl groups excluding tert-OH is 2. The fourth-order valence-electron chi connectivity index (χ4n) is 2.04. The third-order valence-corrected chi connectivity index (χ3v) is 3.35. The second-order valence-electron chi connectivity index (χ2n) is 5.39. The highest BCUT2D eigenvalue weighted by molar-refractivity contribution is 5.77. The molecule has 4 nitrogen and oxygen atoms in total. The molecule has 106 valence electrons. The number of carbonyl (C=O) groups is 1. The standard InChI is InChI=1S/C15H23NO3/c1-11-6-4-5-7-13(11)12(2)8-14(19)16-15(3,9-17)10-18/h4-7,12,17-18H,8-10H2,1-3H3,(H,16,19). The average Bonchev–Trinajstić information content (AvgIpc) is 2.38. The van der Waals surface area contributed by atoms with Crippen LogP contribution in [0.2, 0.25) is 0 Å². The third kappa shape index (κ3) is 4.33. The van der Waals surface area contributed by atoms with Gasteiger partial charge in [-0.05, 0) is 30.9 Å². The summed E-state index contributed by atoms with van der Waals surface area (Å²) < 4.78 is 0. The van der Waals surface area contributed by atoms with E-state index in [1.165, 1.54) is 0 Å². The number of rotatable bonds is 6. The smallest absolute Gasteiger partial charge is 0.221 e. The number of carbonyl (C=O) groups excluding carboxylic acids is 1. The van der Waals surface area contributed by atoms with E-state index in [0.717, 1.165) is 11.1 Å². The Balaban J connectivity index is 2.65. The van der Waals surface area contributed by atoms with Crippen LogP contribution in [0, 0.1) is 6.92 Å². The molecule has 1 rings (SSSR count). The van der Waals surface area contributed by atoms with Crippen LogP contribution in [0.3, 0.4) is 0 Å². The van der Waals surface area contributed by atoms with Crippen LogP contribution >= 0.6 is 0 Å². The molecule has 1 aromatic rings. The summed E-state index contributed by atoms with van der Waals surface area (Å²) in [6.45, 7) is 5.07. The van der Waals surface area contributed by atoms with E-state index in [2.05, 4.69) is 5.32 Å². The second-order valence-corrected chi connectivity index (χ2v) is 5.39. The van der Waals surface area contributed by atoms with Gasteiger partial charge in [0.25, 0.3) is 0 Å². The van der Waals surface area contributed by atoms with Crippen LogP contribution in [0.1, 0.15) is 37.3 Å². The van der Waals surface area contributed by atoms with E-state index in [1.807, 2.05) is 38.1 Å². The topological polar surface area (TPSA) is 69.6 Å². The molecule has 0 heterocycles. The molecule has 1 amide bonds. The summed E-state index contributed by atoms with van der Waals surface area (Å²) in [6, 6.07) is 7.97.